The topological polar surface area (TPSA) is 31.5 Å². The molecule has 0 amide bonds. The van der Waals surface area contributed by atoms with Gasteiger partial charge in [0, 0.05) is 0 Å². The van der Waals surface area contributed by atoms with Gasteiger partial charge in [-0.15, -0.1) is 0 Å². The lowest BCUT2D eigenvalue weighted by Crippen LogP contribution is -1.65. The maximum Gasteiger partial charge on any atom is 0.379 e. The molecular weight excluding hydrogens is 104 g/mol. The lowest BCUT2D eigenvalue weighted by molar-refractivity contribution is 0.00819. The molecule has 0 radical (unpaired) electrons. The van der Waals surface area contributed by atoms with Crippen molar-refractivity contribution in [1.29, 1.82) is 0 Å². The summed E-state index contributed by atoms with van der Waals surface area (Å²) in [5.41, 5.74) is 0. The molecule has 0 aliphatic rings. The van der Waals surface area contributed by atoms with E-state index in [1.54, 1.807) is 0 Å². The molecule has 0 heterocycles. The second-order valence-corrected chi connectivity index (χ2v) is 0.247. The third-order valence-electron chi connectivity index (χ3n) is 0. The summed E-state index contributed by atoms with van der Waals surface area (Å²) < 4.78 is 29.0. The van der Waals surface area contributed by atoms with Crippen molar-refractivity contribution in [3.63, 3.8) is 0 Å². The molecule has 0 aliphatic heterocycles. The normalized spacial score (nSPS) is 6.00. The molecule has 42 valence electrons. The second-order valence-electron chi connectivity index (χ2n) is 0.247. The highest BCUT2D eigenvalue weighted by Gasteiger charge is 1.86. The molecule has 0 saturated heterocycles. The highest BCUT2D eigenvalue weighted by atomic mass is 19.4. The molecule has 1 nitrogen and oxygen atoms in total. The van der Waals surface area contributed by atoms with E-state index >= 15 is 0 Å². The number of alkyl halides is 3. The van der Waals surface area contributed by atoms with Crippen molar-refractivity contribution in [2.45, 2.75) is 6.68 Å². The molecular formula is CH4F4O. The first-order valence-electron chi connectivity index (χ1n) is 0.655. The Bertz CT molecular complexity index is 12.3. The van der Waals surface area contributed by atoms with E-state index in [2.05, 4.69) is 0 Å². The quantitative estimate of drug-likeness (QED) is 0.405. The van der Waals surface area contributed by atoms with Gasteiger partial charge in [-0.3, -0.25) is 4.70 Å². The molecule has 0 aromatic rings. The van der Waals surface area contributed by atoms with Gasteiger partial charge in [0.25, 0.3) is 0 Å². The highest BCUT2D eigenvalue weighted by Crippen LogP contribution is 1.87. The molecule has 2 N–H and O–H groups in total. The average Bonchev–Trinajstić information content (AvgIpc) is 0.811. The first-order chi connectivity index (χ1) is 1.73. The second kappa shape index (κ2) is 8.82. The summed E-state index contributed by atoms with van der Waals surface area (Å²) >= 11 is 0. The number of hydrogen-bond donors (Lipinski definition) is 0. The Morgan fingerprint density at radius 2 is 1.00 bits per heavy atom. The van der Waals surface area contributed by atoms with Crippen molar-refractivity contribution in [2.75, 3.05) is 0 Å². The third-order valence-corrected chi connectivity index (χ3v) is 0. The van der Waals surface area contributed by atoms with E-state index in [1.165, 1.54) is 0 Å². The Kier molecular flexibility index (Phi) is 25.5. The molecule has 0 spiro atoms. The molecule has 0 aliphatic carbocycles. The van der Waals surface area contributed by atoms with Crippen LogP contribution in [0.15, 0.2) is 0 Å². The van der Waals surface area contributed by atoms with Gasteiger partial charge in [-0.25, -0.2) is 0 Å². The van der Waals surface area contributed by atoms with Crippen molar-refractivity contribution in [2.24, 2.45) is 0 Å². The SMILES string of the molecule is F.FC(F)F.O. The van der Waals surface area contributed by atoms with Crippen LogP contribution in [-0.2, 0) is 0 Å². The van der Waals surface area contributed by atoms with Gasteiger partial charge < -0.3 is 5.48 Å². The van der Waals surface area contributed by atoms with E-state index in [9.17, 15) is 13.2 Å². The summed E-state index contributed by atoms with van der Waals surface area (Å²) in [5.74, 6) is 0. The van der Waals surface area contributed by atoms with Crippen molar-refractivity contribution in [3.8, 4) is 0 Å². The Morgan fingerprint density at radius 1 is 1.00 bits per heavy atom. The molecule has 6 heavy (non-hydrogen) atoms. The monoisotopic (exact) mass is 108 g/mol. The zero-order valence-corrected chi connectivity index (χ0v) is 2.62. The van der Waals surface area contributed by atoms with E-state index in [-0.39, 0.29) is 10.2 Å². The van der Waals surface area contributed by atoms with Crippen LogP contribution in [0.5, 0.6) is 0 Å². The lowest BCUT2D eigenvalue weighted by Gasteiger charge is -1.65. The molecule has 0 aromatic heterocycles. The van der Waals surface area contributed by atoms with Crippen LogP contribution in [0.2, 0.25) is 0 Å². The minimum atomic E-state index is -3.67. The smallest absolute Gasteiger partial charge is 0.379 e. The maximum absolute atomic E-state index is 9.67. The molecule has 0 rings (SSSR count). The Labute approximate surface area is 31.4 Å². The van der Waals surface area contributed by atoms with Gasteiger partial charge in [-0.05, 0) is 0 Å². The highest BCUT2D eigenvalue weighted by molar-refractivity contribution is 3.83. The molecule has 0 aromatic carbocycles. The van der Waals surface area contributed by atoms with E-state index in [0.717, 1.165) is 0 Å². The van der Waals surface area contributed by atoms with Crippen molar-refractivity contribution < 1.29 is 23.4 Å². The molecule has 0 bridgehead atoms. The summed E-state index contributed by atoms with van der Waals surface area (Å²) in [7, 11) is 0. The fraction of sp³-hybridized carbons (Fsp3) is 1.00. The van der Waals surface area contributed by atoms with Gasteiger partial charge in [-0.2, -0.15) is 13.2 Å². The van der Waals surface area contributed by atoms with Crippen molar-refractivity contribution >= 4 is 0 Å². The Hall–Kier alpha value is -0.320. The van der Waals surface area contributed by atoms with Crippen LogP contribution in [0.25, 0.3) is 0 Å². The summed E-state index contributed by atoms with van der Waals surface area (Å²) in [6, 6.07) is 0. The average molecular weight is 108 g/mol. The van der Waals surface area contributed by atoms with E-state index in [1.807, 2.05) is 0 Å². The van der Waals surface area contributed by atoms with Gasteiger partial charge in [-0.1, -0.05) is 0 Å². The first-order valence-corrected chi connectivity index (χ1v) is 0.655. The van der Waals surface area contributed by atoms with Gasteiger partial charge >= 0.3 is 6.68 Å². The van der Waals surface area contributed by atoms with Crippen LogP contribution in [0, 0.1) is 0 Å². The fourth-order valence-electron chi connectivity index (χ4n) is 0. The zero-order valence-electron chi connectivity index (χ0n) is 2.62. The van der Waals surface area contributed by atoms with Crippen molar-refractivity contribution in [3.05, 3.63) is 0 Å². The third kappa shape index (κ3) is 258. The van der Waals surface area contributed by atoms with Crippen LogP contribution >= 0.6 is 0 Å². The van der Waals surface area contributed by atoms with Gasteiger partial charge in [0.1, 0.15) is 0 Å². The molecule has 0 fully saturated rings. The zero-order chi connectivity index (χ0) is 3.58. The molecule has 0 saturated carbocycles. The summed E-state index contributed by atoms with van der Waals surface area (Å²) in [4.78, 5) is 0. The van der Waals surface area contributed by atoms with Crippen LogP contribution in [0.3, 0.4) is 0 Å². The Balaban J connectivity index is -0.0000000450. The van der Waals surface area contributed by atoms with Gasteiger partial charge in [0.15, 0.2) is 0 Å². The van der Waals surface area contributed by atoms with E-state index in [0.29, 0.717) is 0 Å². The number of hydrogen-bond acceptors (Lipinski definition) is 0. The first kappa shape index (κ1) is 17.3. The van der Waals surface area contributed by atoms with Gasteiger partial charge in [0.05, 0.1) is 0 Å². The predicted octanol–water partition coefficient (Wildman–Crippen LogP) is 0.506. The largest absolute Gasteiger partial charge is 0.412 e. The summed E-state index contributed by atoms with van der Waals surface area (Å²) in [6.45, 7) is -3.67. The van der Waals surface area contributed by atoms with Gasteiger partial charge in [0.2, 0.25) is 0 Å². The summed E-state index contributed by atoms with van der Waals surface area (Å²) in [5, 5.41) is 0. The molecule has 0 unspecified atom stereocenters. The van der Waals surface area contributed by atoms with Crippen LogP contribution in [0.4, 0.5) is 17.9 Å². The van der Waals surface area contributed by atoms with E-state index < -0.39 is 6.68 Å². The fourth-order valence-corrected chi connectivity index (χ4v) is 0. The molecule has 5 heteroatoms. The van der Waals surface area contributed by atoms with Crippen LogP contribution in [-0.4, -0.2) is 12.2 Å². The van der Waals surface area contributed by atoms with E-state index in [4.69, 9.17) is 0 Å². The van der Waals surface area contributed by atoms with Crippen LogP contribution < -0.4 is 0 Å². The standard InChI is InChI=1S/CHF3.FH.H2O/c2-1(3)4;;/h1H;1H;1H2. The maximum atomic E-state index is 9.67. The lowest BCUT2D eigenvalue weighted by atomic mass is 11.6. The summed E-state index contributed by atoms with van der Waals surface area (Å²) in [6.07, 6.45) is 0. The minimum absolute atomic E-state index is 0. The number of rotatable bonds is 0. The Morgan fingerprint density at radius 3 is 1.00 bits per heavy atom. The minimum Gasteiger partial charge on any atom is -0.412 e. The van der Waals surface area contributed by atoms with Crippen LogP contribution in [0.1, 0.15) is 0 Å². The number of halogens is 4. The molecule has 0 atom stereocenters. The van der Waals surface area contributed by atoms with Crippen molar-refractivity contribution in [1.82, 2.24) is 0 Å². The predicted molar refractivity (Wildman–Crippen MR) is 13.2 cm³/mol.